The zero-order valence-electron chi connectivity index (χ0n) is 12.5. The van der Waals surface area contributed by atoms with Gasteiger partial charge in [-0.05, 0) is 19.3 Å². The summed E-state index contributed by atoms with van der Waals surface area (Å²) >= 11 is 0. The molecule has 1 rings (SSSR count). The highest BCUT2D eigenvalue weighted by Gasteiger charge is 2.19. The predicted octanol–water partition coefficient (Wildman–Crippen LogP) is 1.37. The quantitative estimate of drug-likeness (QED) is 0.699. The van der Waals surface area contributed by atoms with Crippen molar-refractivity contribution in [2.24, 2.45) is 0 Å². The van der Waals surface area contributed by atoms with Crippen molar-refractivity contribution in [2.45, 2.75) is 52.5 Å². The molecule has 1 aromatic heterocycles. The number of urea groups is 1. The van der Waals surface area contributed by atoms with Crippen LogP contribution in [0.2, 0.25) is 0 Å². The first-order valence-electron chi connectivity index (χ1n) is 7.04. The van der Waals surface area contributed by atoms with Crippen LogP contribution in [0.5, 0.6) is 0 Å². The molecule has 0 saturated carbocycles. The molecule has 0 aromatic carbocycles. The van der Waals surface area contributed by atoms with Crippen molar-refractivity contribution in [2.75, 3.05) is 5.32 Å². The van der Waals surface area contributed by atoms with Gasteiger partial charge in [0.15, 0.2) is 0 Å². The average Bonchev–Trinajstić information content (AvgIpc) is 2.46. The first kappa shape index (κ1) is 16.8. The number of nitrogens with zero attached hydrogens (tertiary/aromatic N) is 3. The third-order valence-electron chi connectivity index (χ3n) is 2.92. The standard InChI is InChI=1S/C13H21N5O3/c1-4-7-10(11(19)20)15-13(21)16-12-14-8(5-2)9(6-3)17-18-12/h10H,4-7H2,1-3H3,(H,19,20)(H2,14,15,16,18,21). The van der Waals surface area contributed by atoms with E-state index in [0.717, 1.165) is 11.4 Å². The van der Waals surface area contributed by atoms with Crippen LogP contribution in [-0.2, 0) is 17.6 Å². The van der Waals surface area contributed by atoms with E-state index < -0.39 is 18.0 Å². The van der Waals surface area contributed by atoms with Gasteiger partial charge in [0.1, 0.15) is 6.04 Å². The largest absolute Gasteiger partial charge is 0.480 e. The molecule has 0 spiro atoms. The minimum Gasteiger partial charge on any atom is -0.480 e. The smallest absolute Gasteiger partial charge is 0.326 e. The Morgan fingerprint density at radius 1 is 1.14 bits per heavy atom. The van der Waals surface area contributed by atoms with Gasteiger partial charge in [0.25, 0.3) is 5.95 Å². The van der Waals surface area contributed by atoms with E-state index in [9.17, 15) is 9.59 Å². The van der Waals surface area contributed by atoms with Crippen molar-refractivity contribution < 1.29 is 14.7 Å². The van der Waals surface area contributed by atoms with E-state index in [-0.39, 0.29) is 5.95 Å². The van der Waals surface area contributed by atoms with Gasteiger partial charge in [0, 0.05) is 0 Å². The van der Waals surface area contributed by atoms with E-state index in [1.54, 1.807) is 0 Å². The molecule has 3 N–H and O–H groups in total. The Balaban J connectivity index is 2.72. The minimum absolute atomic E-state index is 0.0715. The van der Waals surface area contributed by atoms with E-state index in [4.69, 9.17) is 5.11 Å². The number of carboxylic acid groups (broad SMARTS) is 1. The Hall–Kier alpha value is -2.25. The maximum absolute atomic E-state index is 11.8. The van der Waals surface area contributed by atoms with Gasteiger partial charge >= 0.3 is 12.0 Å². The lowest BCUT2D eigenvalue weighted by molar-refractivity contribution is -0.139. The second-order valence-corrected chi connectivity index (χ2v) is 4.51. The first-order valence-corrected chi connectivity index (χ1v) is 7.04. The van der Waals surface area contributed by atoms with Gasteiger partial charge in [-0.2, -0.15) is 0 Å². The molecule has 0 aliphatic heterocycles. The van der Waals surface area contributed by atoms with E-state index in [2.05, 4.69) is 25.8 Å². The third kappa shape index (κ3) is 4.97. The molecular formula is C13H21N5O3. The Morgan fingerprint density at radius 2 is 1.81 bits per heavy atom. The summed E-state index contributed by atoms with van der Waals surface area (Å²) in [7, 11) is 0. The lowest BCUT2D eigenvalue weighted by Crippen LogP contribution is -2.43. The number of nitrogens with one attached hydrogen (secondary N) is 2. The molecule has 0 aliphatic rings. The van der Waals surface area contributed by atoms with Crippen molar-refractivity contribution in [3.8, 4) is 0 Å². The molecule has 21 heavy (non-hydrogen) atoms. The number of carboxylic acids is 1. The lowest BCUT2D eigenvalue weighted by atomic mass is 10.2. The molecule has 116 valence electrons. The number of hydrogen-bond acceptors (Lipinski definition) is 5. The van der Waals surface area contributed by atoms with Crippen LogP contribution < -0.4 is 10.6 Å². The number of aliphatic carboxylic acids is 1. The highest BCUT2D eigenvalue weighted by atomic mass is 16.4. The fraction of sp³-hybridized carbons (Fsp3) is 0.615. The Bertz CT molecular complexity index is 507. The number of carbonyl (C=O) groups excluding carboxylic acids is 1. The molecule has 8 heteroatoms. The van der Waals surface area contributed by atoms with Crippen LogP contribution in [0.3, 0.4) is 0 Å². The van der Waals surface area contributed by atoms with Crippen molar-refractivity contribution in [1.82, 2.24) is 20.5 Å². The van der Waals surface area contributed by atoms with Crippen LogP contribution in [0, 0.1) is 0 Å². The molecule has 1 unspecified atom stereocenters. The van der Waals surface area contributed by atoms with Crippen LogP contribution in [-0.4, -0.2) is 38.3 Å². The van der Waals surface area contributed by atoms with Crippen LogP contribution in [0.15, 0.2) is 0 Å². The number of hydrogen-bond donors (Lipinski definition) is 3. The molecule has 1 atom stereocenters. The monoisotopic (exact) mass is 295 g/mol. The Labute approximate surface area is 123 Å². The highest BCUT2D eigenvalue weighted by molar-refractivity contribution is 5.90. The number of aromatic nitrogens is 3. The molecule has 2 amide bonds. The van der Waals surface area contributed by atoms with Crippen LogP contribution >= 0.6 is 0 Å². The molecule has 0 saturated heterocycles. The number of carbonyl (C=O) groups is 2. The van der Waals surface area contributed by atoms with Crippen molar-refractivity contribution in [3.05, 3.63) is 11.4 Å². The molecule has 8 nitrogen and oxygen atoms in total. The fourth-order valence-corrected chi connectivity index (χ4v) is 1.83. The zero-order valence-corrected chi connectivity index (χ0v) is 12.5. The van der Waals surface area contributed by atoms with Crippen molar-refractivity contribution in [1.29, 1.82) is 0 Å². The first-order chi connectivity index (χ1) is 10.0. The maximum atomic E-state index is 11.8. The summed E-state index contributed by atoms with van der Waals surface area (Å²) < 4.78 is 0. The van der Waals surface area contributed by atoms with E-state index in [1.807, 2.05) is 20.8 Å². The van der Waals surface area contributed by atoms with E-state index in [0.29, 0.717) is 25.7 Å². The minimum atomic E-state index is -1.07. The topological polar surface area (TPSA) is 117 Å². The molecule has 0 radical (unpaired) electrons. The fourth-order valence-electron chi connectivity index (χ4n) is 1.83. The van der Waals surface area contributed by atoms with Gasteiger partial charge in [0.2, 0.25) is 0 Å². The van der Waals surface area contributed by atoms with Crippen LogP contribution in [0.25, 0.3) is 0 Å². The maximum Gasteiger partial charge on any atom is 0.326 e. The molecule has 1 heterocycles. The summed E-state index contributed by atoms with van der Waals surface area (Å²) in [6, 6.07) is -1.58. The molecule has 1 aromatic rings. The van der Waals surface area contributed by atoms with Gasteiger partial charge in [-0.15, -0.1) is 10.2 Å². The number of rotatable bonds is 7. The molecular weight excluding hydrogens is 274 g/mol. The van der Waals surface area contributed by atoms with Crippen molar-refractivity contribution >= 4 is 17.9 Å². The zero-order chi connectivity index (χ0) is 15.8. The van der Waals surface area contributed by atoms with Crippen LogP contribution in [0.4, 0.5) is 10.7 Å². The predicted molar refractivity (Wildman–Crippen MR) is 77.1 cm³/mol. The summed E-state index contributed by atoms with van der Waals surface area (Å²) in [5.41, 5.74) is 1.56. The third-order valence-corrected chi connectivity index (χ3v) is 2.92. The Kier molecular flexibility index (Phi) is 6.51. The van der Waals surface area contributed by atoms with Crippen molar-refractivity contribution in [3.63, 3.8) is 0 Å². The summed E-state index contributed by atoms with van der Waals surface area (Å²) in [4.78, 5) is 26.9. The van der Waals surface area contributed by atoms with Crippen LogP contribution in [0.1, 0.15) is 45.0 Å². The summed E-state index contributed by atoms with van der Waals surface area (Å²) in [6.07, 6.45) is 2.41. The molecule has 0 bridgehead atoms. The van der Waals surface area contributed by atoms with Gasteiger partial charge in [-0.1, -0.05) is 27.2 Å². The summed E-state index contributed by atoms with van der Waals surface area (Å²) in [5, 5.41) is 21.6. The SMILES string of the molecule is CCCC(NC(=O)Nc1nnc(CC)c(CC)n1)C(=O)O. The van der Waals surface area contributed by atoms with Gasteiger partial charge in [0.05, 0.1) is 11.4 Å². The number of amides is 2. The Morgan fingerprint density at radius 3 is 2.33 bits per heavy atom. The second-order valence-electron chi connectivity index (χ2n) is 4.51. The van der Waals surface area contributed by atoms with E-state index in [1.165, 1.54) is 0 Å². The normalized spacial score (nSPS) is 11.8. The van der Waals surface area contributed by atoms with E-state index >= 15 is 0 Å². The van der Waals surface area contributed by atoms with Gasteiger partial charge in [-0.3, -0.25) is 5.32 Å². The summed E-state index contributed by atoms with van der Waals surface area (Å²) in [6.45, 7) is 5.74. The molecule has 0 fully saturated rings. The number of aryl methyl sites for hydroxylation is 2. The second kappa shape index (κ2) is 8.13. The van der Waals surface area contributed by atoms with Gasteiger partial charge < -0.3 is 10.4 Å². The highest BCUT2D eigenvalue weighted by Crippen LogP contribution is 2.07. The average molecular weight is 295 g/mol. The lowest BCUT2D eigenvalue weighted by Gasteiger charge is -2.13. The number of anilines is 1. The summed E-state index contributed by atoms with van der Waals surface area (Å²) in [5.74, 6) is -0.996. The van der Waals surface area contributed by atoms with Gasteiger partial charge in [-0.25, -0.2) is 14.6 Å². The molecule has 0 aliphatic carbocycles.